The summed E-state index contributed by atoms with van der Waals surface area (Å²) in [5, 5.41) is 15.8. The summed E-state index contributed by atoms with van der Waals surface area (Å²) in [6.45, 7) is 0. The van der Waals surface area contributed by atoms with Crippen molar-refractivity contribution in [3.63, 3.8) is 0 Å². The fourth-order valence-electron chi connectivity index (χ4n) is 2.37. The Hall–Kier alpha value is -1.85. The van der Waals surface area contributed by atoms with Crippen LogP contribution in [0.25, 0.3) is 0 Å². The number of aromatic nitrogens is 2. The quantitative estimate of drug-likeness (QED) is 0.844. The molecule has 18 heavy (non-hydrogen) atoms. The molecule has 1 aliphatic carbocycles. The number of hydrogen-bond donors (Lipinski definition) is 2. The maximum absolute atomic E-state index is 12.0. The van der Waals surface area contributed by atoms with E-state index >= 15 is 0 Å². The molecule has 1 aromatic heterocycles. The molecule has 1 fully saturated rings. The van der Waals surface area contributed by atoms with E-state index in [1.165, 1.54) is 24.3 Å². The molecule has 1 aliphatic rings. The monoisotopic (exact) mass is 251 g/mol. The molecule has 0 atom stereocenters. The number of aromatic carboxylic acids is 1. The van der Waals surface area contributed by atoms with Gasteiger partial charge < -0.3 is 10.4 Å². The molecule has 1 heterocycles. The average molecular weight is 251 g/mol. The number of carboxylic acid groups (broad SMARTS) is 1. The summed E-state index contributed by atoms with van der Waals surface area (Å²) < 4.78 is 1.21. The van der Waals surface area contributed by atoms with Gasteiger partial charge >= 0.3 is 5.97 Å². The largest absolute Gasteiger partial charge is 0.477 e. The number of aryl methyl sites for hydroxylation is 1. The molecule has 0 radical (unpaired) electrons. The topological polar surface area (TPSA) is 84.2 Å². The third-order valence-electron chi connectivity index (χ3n) is 3.33. The van der Waals surface area contributed by atoms with Crippen LogP contribution in [0.3, 0.4) is 0 Å². The predicted molar refractivity (Wildman–Crippen MR) is 64.5 cm³/mol. The molecule has 1 amide bonds. The lowest BCUT2D eigenvalue weighted by molar-refractivity contribution is 0.0678. The van der Waals surface area contributed by atoms with Crippen LogP contribution in [-0.2, 0) is 7.05 Å². The van der Waals surface area contributed by atoms with Gasteiger partial charge in [0, 0.05) is 13.1 Å². The maximum Gasteiger partial charge on any atom is 0.354 e. The second kappa shape index (κ2) is 5.20. The van der Waals surface area contributed by atoms with Crippen molar-refractivity contribution in [2.75, 3.05) is 0 Å². The van der Waals surface area contributed by atoms with E-state index in [2.05, 4.69) is 10.4 Å². The lowest BCUT2D eigenvalue weighted by atomic mass is 9.95. The molecule has 0 saturated heterocycles. The molecular formula is C12H17N3O3. The van der Waals surface area contributed by atoms with Crippen molar-refractivity contribution >= 4 is 11.9 Å². The van der Waals surface area contributed by atoms with E-state index in [1.54, 1.807) is 0 Å². The third kappa shape index (κ3) is 2.52. The van der Waals surface area contributed by atoms with E-state index in [1.807, 2.05) is 0 Å². The minimum Gasteiger partial charge on any atom is -0.477 e. The van der Waals surface area contributed by atoms with Gasteiger partial charge in [-0.05, 0) is 12.8 Å². The molecule has 2 N–H and O–H groups in total. The lowest BCUT2D eigenvalue weighted by Crippen LogP contribution is -2.36. The molecule has 98 valence electrons. The van der Waals surface area contributed by atoms with Crippen molar-refractivity contribution < 1.29 is 14.7 Å². The summed E-state index contributed by atoms with van der Waals surface area (Å²) in [6.07, 6.45) is 6.68. The first kappa shape index (κ1) is 12.6. The highest BCUT2D eigenvalue weighted by Gasteiger charge is 2.23. The normalized spacial score (nSPS) is 16.5. The Balaban J connectivity index is 2.11. The Kier molecular flexibility index (Phi) is 3.64. The van der Waals surface area contributed by atoms with Gasteiger partial charge in [-0.2, -0.15) is 5.10 Å². The fraction of sp³-hybridized carbons (Fsp3) is 0.583. The van der Waals surface area contributed by atoms with Gasteiger partial charge in [-0.25, -0.2) is 4.79 Å². The van der Waals surface area contributed by atoms with Gasteiger partial charge in [0.15, 0.2) is 5.69 Å². The van der Waals surface area contributed by atoms with Crippen LogP contribution in [0.1, 0.15) is 53.0 Å². The van der Waals surface area contributed by atoms with Gasteiger partial charge in [0.1, 0.15) is 0 Å². The van der Waals surface area contributed by atoms with Crippen LogP contribution in [0.2, 0.25) is 0 Å². The van der Waals surface area contributed by atoms with Crippen LogP contribution in [0.4, 0.5) is 0 Å². The van der Waals surface area contributed by atoms with Crippen LogP contribution in [-0.4, -0.2) is 32.8 Å². The lowest BCUT2D eigenvalue weighted by Gasteiger charge is -2.22. The van der Waals surface area contributed by atoms with Crippen molar-refractivity contribution in [2.45, 2.75) is 38.1 Å². The second-order valence-corrected chi connectivity index (χ2v) is 4.64. The second-order valence-electron chi connectivity index (χ2n) is 4.64. The van der Waals surface area contributed by atoms with Crippen molar-refractivity contribution in [1.29, 1.82) is 0 Å². The number of carbonyl (C=O) groups excluding carboxylic acids is 1. The summed E-state index contributed by atoms with van der Waals surface area (Å²) in [5.74, 6) is -1.48. The van der Waals surface area contributed by atoms with E-state index < -0.39 is 5.97 Å². The summed E-state index contributed by atoms with van der Waals surface area (Å²) in [4.78, 5) is 23.1. The summed E-state index contributed by atoms with van der Waals surface area (Å²) in [5.41, 5.74) is 0.0684. The van der Waals surface area contributed by atoms with Gasteiger partial charge in [0.2, 0.25) is 0 Å². The van der Waals surface area contributed by atoms with Crippen molar-refractivity contribution in [3.8, 4) is 0 Å². The molecule has 0 bridgehead atoms. The van der Waals surface area contributed by atoms with Crippen LogP contribution in [0.15, 0.2) is 6.20 Å². The standard InChI is InChI=1S/C12H17N3O3/c1-15-10(12(17)18)9(7-13-15)11(16)14-8-5-3-2-4-6-8/h7-8H,2-6H2,1H3,(H,14,16)(H,17,18). The first-order valence-electron chi connectivity index (χ1n) is 6.15. The average Bonchev–Trinajstić information content (AvgIpc) is 2.72. The molecule has 0 aromatic carbocycles. The summed E-state index contributed by atoms with van der Waals surface area (Å²) in [6, 6.07) is 0.160. The first-order valence-corrected chi connectivity index (χ1v) is 6.15. The van der Waals surface area contributed by atoms with Gasteiger partial charge in [-0.3, -0.25) is 9.48 Å². The van der Waals surface area contributed by atoms with E-state index in [4.69, 9.17) is 5.11 Å². The zero-order chi connectivity index (χ0) is 13.1. The Labute approximate surface area is 105 Å². The number of amides is 1. The highest BCUT2D eigenvalue weighted by Crippen LogP contribution is 2.18. The fourth-order valence-corrected chi connectivity index (χ4v) is 2.37. The number of carboxylic acids is 1. The zero-order valence-electron chi connectivity index (χ0n) is 10.3. The molecule has 6 nitrogen and oxygen atoms in total. The smallest absolute Gasteiger partial charge is 0.354 e. The van der Waals surface area contributed by atoms with Crippen molar-refractivity contribution in [3.05, 3.63) is 17.5 Å². The zero-order valence-corrected chi connectivity index (χ0v) is 10.3. The van der Waals surface area contributed by atoms with E-state index in [9.17, 15) is 9.59 Å². The Morgan fingerprint density at radius 2 is 2.06 bits per heavy atom. The summed E-state index contributed by atoms with van der Waals surface area (Å²) in [7, 11) is 1.51. The van der Waals surface area contributed by atoms with Crippen LogP contribution in [0.5, 0.6) is 0 Å². The molecule has 1 saturated carbocycles. The minimum atomic E-state index is -1.14. The van der Waals surface area contributed by atoms with Gasteiger partial charge in [-0.15, -0.1) is 0 Å². The highest BCUT2D eigenvalue weighted by molar-refractivity contribution is 6.03. The molecule has 0 spiro atoms. The number of nitrogens with zero attached hydrogens (tertiary/aromatic N) is 2. The van der Waals surface area contributed by atoms with Crippen LogP contribution >= 0.6 is 0 Å². The van der Waals surface area contributed by atoms with Crippen molar-refractivity contribution in [1.82, 2.24) is 15.1 Å². The molecule has 0 unspecified atom stereocenters. The Morgan fingerprint density at radius 3 is 2.67 bits per heavy atom. The summed E-state index contributed by atoms with van der Waals surface area (Å²) >= 11 is 0. The molecule has 6 heteroatoms. The number of hydrogen-bond acceptors (Lipinski definition) is 3. The molecule has 1 aromatic rings. The maximum atomic E-state index is 12.0. The van der Waals surface area contributed by atoms with Crippen LogP contribution < -0.4 is 5.32 Å². The van der Waals surface area contributed by atoms with Crippen molar-refractivity contribution in [2.24, 2.45) is 7.05 Å². The third-order valence-corrected chi connectivity index (χ3v) is 3.33. The Morgan fingerprint density at radius 1 is 1.39 bits per heavy atom. The molecule has 2 rings (SSSR count). The number of carbonyl (C=O) groups is 2. The number of rotatable bonds is 3. The molecule has 0 aliphatic heterocycles. The Bertz CT molecular complexity index is 461. The van der Waals surface area contributed by atoms with E-state index in [-0.39, 0.29) is 23.2 Å². The predicted octanol–water partition coefficient (Wildman–Crippen LogP) is 1.18. The van der Waals surface area contributed by atoms with E-state index in [0.29, 0.717) is 0 Å². The minimum absolute atomic E-state index is 0.0664. The van der Waals surface area contributed by atoms with Gasteiger partial charge in [0.05, 0.1) is 11.8 Å². The van der Waals surface area contributed by atoms with Gasteiger partial charge in [0.25, 0.3) is 5.91 Å². The van der Waals surface area contributed by atoms with Crippen LogP contribution in [0, 0.1) is 0 Å². The molecular weight excluding hydrogens is 234 g/mol. The van der Waals surface area contributed by atoms with E-state index in [0.717, 1.165) is 25.7 Å². The SMILES string of the molecule is Cn1ncc(C(=O)NC2CCCCC2)c1C(=O)O. The first-order chi connectivity index (χ1) is 8.59. The van der Waals surface area contributed by atoms with Gasteiger partial charge in [-0.1, -0.05) is 19.3 Å². The highest BCUT2D eigenvalue weighted by atomic mass is 16.4. The number of nitrogens with one attached hydrogen (secondary N) is 1.